The third kappa shape index (κ3) is 4.69. The van der Waals surface area contributed by atoms with Crippen LogP contribution in [0.4, 0.5) is 0 Å². The summed E-state index contributed by atoms with van der Waals surface area (Å²) in [5.41, 5.74) is 5.22. The highest BCUT2D eigenvalue weighted by molar-refractivity contribution is 6.42. The molecule has 0 bridgehead atoms. The van der Waals surface area contributed by atoms with Gasteiger partial charge in [-0.3, -0.25) is 4.79 Å². The lowest BCUT2D eigenvalue weighted by atomic mass is 10.2. The second-order valence-electron chi connectivity index (χ2n) is 6.89. The van der Waals surface area contributed by atoms with Gasteiger partial charge >= 0.3 is 0 Å². The third-order valence-electron chi connectivity index (χ3n) is 4.71. The van der Waals surface area contributed by atoms with Crippen molar-refractivity contribution in [2.75, 3.05) is 7.11 Å². The molecule has 0 saturated heterocycles. The number of methoxy groups -OCH3 is 1. The number of carbonyl (C=O) groups excluding carboxylic acids is 1. The summed E-state index contributed by atoms with van der Waals surface area (Å²) in [5, 5.41) is 14.2. The van der Waals surface area contributed by atoms with Gasteiger partial charge in [-0.2, -0.15) is 5.10 Å². The molecule has 162 valence electrons. The first-order valence-electron chi connectivity index (χ1n) is 9.55. The number of imidazole rings is 1. The molecule has 0 spiro atoms. The molecule has 0 aliphatic carbocycles. The lowest BCUT2D eigenvalue weighted by Crippen LogP contribution is -2.23. The molecule has 3 aromatic carbocycles. The summed E-state index contributed by atoms with van der Waals surface area (Å²) in [5.74, 6) is 1.04. The Balaban J connectivity index is 1.64. The van der Waals surface area contributed by atoms with E-state index in [0.29, 0.717) is 38.2 Å². The second-order valence-corrected chi connectivity index (χ2v) is 7.71. The van der Waals surface area contributed by atoms with Crippen molar-refractivity contribution >= 4 is 46.4 Å². The van der Waals surface area contributed by atoms with Crippen molar-refractivity contribution in [2.45, 2.75) is 6.54 Å². The Morgan fingerprint density at radius 2 is 1.91 bits per heavy atom. The van der Waals surface area contributed by atoms with Crippen LogP contribution < -0.4 is 10.2 Å². The van der Waals surface area contributed by atoms with E-state index in [2.05, 4.69) is 15.5 Å². The van der Waals surface area contributed by atoms with Gasteiger partial charge in [-0.05, 0) is 54.1 Å². The molecule has 7 nitrogen and oxygen atoms in total. The van der Waals surface area contributed by atoms with Crippen LogP contribution in [0.2, 0.25) is 10.0 Å². The molecule has 0 saturated carbocycles. The Hall–Kier alpha value is -3.55. The first-order chi connectivity index (χ1) is 15.4. The number of hydrazone groups is 1. The van der Waals surface area contributed by atoms with Crippen LogP contribution in [0.25, 0.3) is 22.4 Å². The summed E-state index contributed by atoms with van der Waals surface area (Å²) in [7, 11) is 1.59. The van der Waals surface area contributed by atoms with E-state index in [0.717, 1.165) is 5.56 Å². The van der Waals surface area contributed by atoms with Crippen molar-refractivity contribution in [3.63, 3.8) is 0 Å². The lowest BCUT2D eigenvalue weighted by molar-refractivity contribution is -0.121. The number of phenols is 1. The Bertz CT molecular complexity index is 1320. The SMILES string of the molecule is COc1ccc(-c2nc3cc(Cl)c(Cl)cc3n2CC(=O)NN=Cc2cccc(O)c2)cc1. The van der Waals surface area contributed by atoms with E-state index in [1.54, 1.807) is 42.0 Å². The predicted molar refractivity (Wildman–Crippen MR) is 126 cm³/mol. The molecule has 0 atom stereocenters. The first kappa shape index (κ1) is 21.7. The van der Waals surface area contributed by atoms with Crippen molar-refractivity contribution < 1.29 is 14.6 Å². The van der Waals surface area contributed by atoms with Crippen molar-refractivity contribution in [3.05, 3.63) is 76.3 Å². The number of nitrogens with zero attached hydrogens (tertiary/aromatic N) is 3. The maximum absolute atomic E-state index is 12.6. The van der Waals surface area contributed by atoms with Crippen LogP contribution in [0.15, 0.2) is 65.8 Å². The molecule has 0 fully saturated rings. The maximum atomic E-state index is 12.6. The zero-order valence-corrected chi connectivity index (χ0v) is 18.4. The average Bonchev–Trinajstić information content (AvgIpc) is 3.11. The molecule has 9 heteroatoms. The number of phenolic OH excluding ortho intramolecular Hbond substituents is 1. The lowest BCUT2D eigenvalue weighted by Gasteiger charge is -2.09. The van der Waals surface area contributed by atoms with E-state index >= 15 is 0 Å². The van der Waals surface area contributed by atoms with E-state index in [-0.39, 0.29) is 18.2 Å². The van der Waals surface area contributed by atoms with Crippen molar-refractivity contribution in [1.82, 2.24) is 15.0 Å². The number of ether oxygens (including phenoxy) is 1. The van der Waals surface area contributed by atoms with E-state index in [4.69, 9.17) is 27.9 Å². The topological polar surface area (TPSA) is 88.7 Å². The summed E-state index contributed by atoms with van der Waals surface area (Å²) in [4.78, 5) is 17.3. The van der Waals surface area contributed by atoms with Gasteiger partial charge in [-0.25, -0.2) is 10.4 Å². The van der Waals surface area contributed by atoms with Gasteiger partial charge < -0.3 is 14.4 Å². The fourth-order valence-electron chi connectivity index (χ4n) is 3.20. The number of hydrogen-bond donors (Lipinski definition) is 2. The zero-order valence-electron chi connectivity index (χ0n) is 16.9. The molecule has 0 unspecified atom stereocenters. The largest absolute Gasteiger partial charge is 0.508 e. The summed E-state index contributed by atoms with van der Waals surface area (Å²) in [6, 6.07) is 17.2. The molecule has 1 heterocycles. The van der Waals surface area contributed by atoms with Gasteiger partial charge in [0.2, 0.25) is 0 Å². The second kappa shape index (κ2) is 9.30. The van der Waals surface area contributed by atoms with Crippen LogP contribution in [0.1, 0.15) is 5.56 Å². The Morgan fingerprint density at radius 3 is 2.62 bits per heavy atom. The van der Waals surface area contributed by atoms with Gasteiger partial charge in [0.1, 0.15) is 23.9 Å². The number of rotatable bonds is 6. The number of hydrogen-bond acceptors (Lipinski definition) is 5. The van der Waals surface area contributed by atoms with Crippen LogP contribution in [0, 0.1) is 0 Å². The number of nitrogens with one attached hydrogen (secondary N) is 1. The van der Waals surface area contributed by atoms with Gasteiger partial charge in [0.25, 0.3) is 5.91 Å². The van der Waals surface area contributed by atoms with Gasteiger partial charge in [-0.1, -0.05) is 35.3 Å². The number of fused-ring (bicyclic) bond motifs is 1. The fourth-order valence-corrected chi connectivity index (χ4v) is 3.52. The number of benzene rings is 3. The minimum Gasteiger partial charge on any atom is -0.508 e. The summed E-state index contributed by atoms with van der Waals surface area (Å²) < 4.78 is 6.97. The molecule has 4 rings (SSSR count). The summed E-state index contributed by atoms with van der Waals surface area (Å²) >= 11 is 12.4. The summed E-state index contributed by atoms with van der Waals surface area (Å²) in [6.07, 6.45) is 1.45. The molecule has 1 aromatic heterocycles. The minimum atomic E-state index is -0.360. The molecule has 2 N–H and O–H groups in total. The number of aromatic hydroxyl groups is 1. The van der Waals surface area contributed by atoms with Crippen molar-refractivity contribution in [1.29, 1.82) is 0 Å². The molecule has 0 radical (unpaired) electrons. The molecule has 0 aliphatic heterocycles. The highest BCUT2D eigenvalue weighted by atomic mass is 35.5. The normalized spacial score (nSPS) is 11.2. The van der Waals surface area contributed by atoms with Crippen molar-refractivity contribution in [3.8, 4) is 22.9 Å². The highest BCUT2D eigenvalue weighted by Gasteiger charge is 2.17. The van der Waals surface area contributed by atoms with Crippen LogP contribution in [0.3, 0.4) is 0 Å². The smallest absolute Gasteiger partial charge is 0.260 e. The van der Waals surface area contributed by atoms with E-state index in [1.165, 1.54) is 12.3 Å². The van der Waals surface area contributed by atoms with Crippen LogP contribution in [-0.2, 0) is 11.3 Å². The predicted octanol–water partition coefficient (Wildman–Crippen LogP) is 4.87. The monoisotopic (exact) mass is 468 g/mol. The molecule has 32 heavy (non-hydrogen) atoms. The minimum absolute atomic E-state index is 0.0484. The van der Waals surface area contributed by atoms with E-state index in [9.17, 15) is 9.90 Å². The van der Waals surface area contributed by atoms with Gasteiger partial charge in [0.15, 0.2) is 0 Å². The van der Waals surface area contributed by atoms with E-state index < -0.39 is 0 Å². The Kier molecular flexibility index (Phi) is 6.30. The van der Waals surface area contributed by atoms with Crippen LogP contribution >= 0.6 is 23.2 Å². The standard InChI is InChI=1S/C23H18Cl2N4O3/c1-32-17-7-5-15(6-8-17)23-27-20-10-18(24)19(25)11-21(20)29(23)13-22(31)28-26-12-14-3-2-4-16(30)9-14/h2-12,30H,13H2,1H3,(H,28,31). The van der Waals surface area contributed by atoms with Crippen LogP contribution in [0.5, 0.6) is 11.5 Å². The number of amides is 1. The quantitative estimate of drug-likeness (QED) is 0.311. The molecular weight excluding hydrogens is 451 g/mol. The van der Waals surface area contributed by atoms with Gasteiger partial charge in [-0.15, -0.1) is 0 Å². The maximum Gasteiger partial charge on any atom is 0.260 e. The first-order valence-corrected chi connectivity index (χ1v) is 10.3. The molecule has 1 amide bonds. The summed E-state index contributed by atoms with van der Waals surface area (Å²) in [6.45, 7) is -0.0484. The molecule has 4 aromatic rings. The number of aromatic nitrogens is 2. The number of halogens is 2. The van der Waals surface area contributed by atoms with Crippen molar-refractivity contribution in [2.24, 2.45) is 5.10 Å². The molecular formula is C23H18Cl2N4O3. The molecule has 0 aliphatic rings. The Labute approximate surface area is 193 Å². The van der Waals surface area contributed by atoms with Crippen LogP contribution in [-0.4, -0.2) is 33.9 Å². The fraction of sp³-hybridized carbons (Fsp3) is 0.0870. The highest BCUT2D eigenvalue weighted by Crippen LogP contribution is 2.32. The van der Waals surface area contributed by atoms with E-state index in [1.807, 2.05) is 24.3 Å². The Morgan fingerprint density at radius 1 is 1.16 bits per heavy atom. The zero-order chi connectivity index (χ0) is 22.7. The average molecular weight is 469 g/mol. The number of carbonyl (C=O) groups is 1. The van der Waals surface area contributed by atoms with Gasteiger partial charge in [0.05, 0.1) is 34.4 Å². The third-order valence-corrected chi connectivity index (χ3v) is 5.44. The van der Waals surface area contributed by atoms with Gasteiger partial charge in [0, 0.05) is 5.56 Å².